The average Bonchev–Trinajstić information content (AvgIpc) is 3.12. The van der Waals surface area contributed by atoms with Gasteiger partial charge >= 0.3 is 6.18 Å². The number of hydrogen-bond donors (Lipinski definition) is 2. The van der Waals surface area contributed by atoms with Crippen LogP contribution in [0.3, 0.4) is 0 Å². The van der Waals surface area contributed by atoms with Crippen LogP contribution in [-0.2, 0) is 10.9 Å². The molecule has 4 rings (SSSR count). The van der Waals surface area contributed by atoms with Crippen molar-refractivity contribution in [1.29, 1.82) is 0 Å². The van der Waals surface area contributed by atoms with Crippen LogP contribution in [0.1, 0.15) is 12.0 Å². The van der Waals surface area contributed by atoms with Crippen molar-refractivity contribution in [2.45, 2.75) is 18.2 Å². The molecule has 2 N–H and O–H groups in total. The Hall–Kier alpha value is -2.78. The first-order chi connectivity index (χ1) is 13.8. The maximum atomic E-state index is 14.6. The van der Waals surface area contributed by atoms with Gasteiger partial charge in [-0.3, -0.25) is 0 Å². The minimum absolute atomic E-state index is 0.102. The van der Waals surface area contributed by atoms with Crippen LogP contribution in [0.4, 0.5) is 23.4 Å². The molecule has 3 aromatic rings. The number of nitrogens with one attached hydrogen (secondary N) is 1. The Morgan fingerprint density at radius 1 is 1.10 bits per heavy atom. The van der Waals surface area contributed by atoms with Crippen LogP contribution < -0.4 is 5.32 Å². The van der Waals surface area contributed by atoms with E-state index < -0.39 is 23.2 Å². The molecule has 0 spiro atoms. The van der Waals surface area contributed by atoms with Gasteiger partial charge in [0, 0.05) is 30.5 Å². The molecular weight excluding hydrogens is 390 g/mol. The molecule has 1 aliphatic heterocycles. The zero-order valence-corrected chi connectivity index (χ0v) is 15.1. The second kappa shape index (κ2) is 7.23. The zero-order chi connectivity index (χ0) is 20.6. The number of aromatic nitrogens is 2. The Bertz CT molecular complexity index is 1030. The Morgan fingerprint density at radius 3 is 2.52 bits per heavy atom. The summed E-state index contributed by atoms with van der Waals surface area (Å²) in [6.45, 7) is 0.702. The van der Waals surface area contributed by atoms with Gasteiger partial charge in [0.2, 0.25) is 0 Å². The molecule has 2 heterocycles. The fraction of sp³-hybridized carbons (Fsp3) is 0.300. The number of halogens is 4. The fourth-order valence-corrected chi connectivity index (χ4v) is 3.30. The summed E-state index contributed by atoms with van der Waals surface area (Å²) >= 11 is 0. The van der Waals surface area contributed by atoms with Crippen molar-refractivity contribution < 1.29 is 27.4 Å². The van der Waals surface area contributed by atoms with Gasteiger partial charge in [-0.2, -0.15) is 13.2 Å². The van der Waals surface area contributed by atoms with Crippen LogP contribution in [0.15, 0.2) is 42.5 Å². The molecule has 152 valence electrons. The maximum Gasteiger partial charge on any atom is 0.416 e. The quantitative estimate of drug-likeness (QED) is 0.640. The molecule has 1 aliphatic rings. The van der Waals surface area contributed by atoms with Crippen LogP contribution in [0.2, 0.25) is 0 Å². The molecule has 29 heavy (non-hydrogen) atoms. The third kappa shape index (κ3) is 3.88. The van der Waals surface area contributed by atoms with E-state index in [1.165, 1.54) is 24.3 Å². The summed E-state index contributed by atoms with van der Waals surface area (Å²) in [5.41, 5.74) is -1.21. The molecule has 9 heteroatoms. The number of aliphatic hydroxyl groups is 1. The van der Waals surface area contributed by atoms with Crippen LogP contribution >= 0.6 is 0 Å². The highest BCUT2D eigenvalue weighted by atomic mass is 19.4. The predicted octanol–water partition coefficient (Wildman–Crippen LogP) is 4.02. The number of fused-ring (bicyclic) bond motifs is 1. The molecule has 1 atom stereocenters. The molecular formula is C20H17F4N3O2. The molecule has 5 nitrogen and oxygen atoms in total. The van der Waals surface area contributed by atoms with Crippen molar-refractivity contribution in [3.05, 3.63) is 53.8 Å². The van der Waals surface area contributed by atoms with Crippen LogP contribution in [0.5, 0.6) is 0 Å². The lowest BCUT2D eigenvalue weighted by atomic mass is 10.0. The first-order valence-corrected chi connectivity index (χ1v) is 8.93. The summed E-state index contributed by atoms with van der Waals surface area (Å²) in [6.07, 6.45) is -4.01. The molecule has 0 amide bonds. The van der Waals surface area contributed by atoms with Crippen molar-refractivity contribution in [3.63, 3.8) is 0 Å². The van der Waals surface area contributed by atoms with Crippen LogP contribution in [0.25, 0.3) is 22.0 Å². The van der Waals surface area contributed by atoms with Gasteiger partial charge in [-0.25, -0.2) is 4.39 Å². The van der Waals surface area contributed by atoms with E-state index in [2.05, 4.69) is 15.5 Å². The Balaban J connectivity index is 1.72. The first kappa shape index (κ1) is 19.5. The minimum atomic E-state index is -4.45. The van der Waals surface area contributed by atoms with Gasteiger partial charge in [0.25, 0.3) is 0 Å². The monoisotopic (exact) mass is 407 g/mol. The zero-order valence-electron chi connectivity index (χ0n) is 15.1. The molecule has 0 aliphatic carbocycles. The highest BCUT2D eigenvalue weighted by Gasteiger charge is 2.33. The molecule has 0 bridgehead atoms. The van der Waals surface area contributed by atoms with Gasteiger partial charge < -0.3 is 15.2 Å². The van der Waals surface area contributed by atoms with Crippen molar-refractivity contribution in [3.8, 4) is 11.3 Å². The van der Waals surface area contributed by atoms with E-state index >= 15 is 0 Å². The SMILES string of the molecule is O[C@@]1(CNc2nnc(-c3ccc(C(F)(F)F)cc3)c3cccc(F)c23)CCOC1. The molecule has 0 unspecified atom stereocenters. The second-order valence-corrected chi connectivity index (χ2v) is 7.02. The lowest BCUT2D eigenvalue weighted by Gasteiger charge is -2.21. The average molecular weight is 407 g/mol. The number of nitrogens with zero attached hydrogens (tertiary/aromatic N) is 2. The third-order valence-electron chi connectivity index (χ3n) is 4.91. The molecule has 0 saturated carbocycles. The van der Waals surface area contributed by atoms with E-state index in [0.29, 0.717) is 24.0 Å². The van der Waals surface area contributed by atoms with Gasteiger partial charge in [0.15, 0.2) is 5.82 Å². The van der Waals surface area contributed by atoms with E-state index in [4.69, 9.17) is 4.74 Å². The number of anilines is 1. The summed E-state index contributed by atoms with van der Waals surface area (Å²) in [6, 6.07) is 8.84. The van der Waals surface area contributed by atoms with Crippen molar-refractivity contribution >= 4 is 16.6 Å². The maximum absolute atomic E-state index is 14.6. The summed E-state index contributed by atoms with van der Waals surface area (Å²) in [5, 5.41) is 22.0. The molecule has 1 fully saturated rings. The van der Waals surface area contributed by atoms with Gasteiger partial charge in [0.05, 0.1) is 17.6 Å². The van der Waals surface area contributed by atoms with Crippen LogP contribution in [-0.4, -0.2) is 40.7 Å². The number of alkyl halides is 3. The number of rotatable bonds is 4. The highest BCUT2D eigenvalue weighted by Crippen LogP contribution is 2.34. The Kier molecular flexibility index (Phi) is 4.87. The van der Waals surface area contributed by atoms with E-state index in [9.17, 15) is 22.7 Å². The van der Waals surface area contributed by atoms with Crippen molar-refractivity contribution in [1.82, 2.24) is 10.2 Å². The van der Waals surface area contributed by atoms with E-state index in [-0.39, 0.29) is 30.0 Å². The lowest BCUT2D eigenvalue weighted by Crippen LogP contribution is -2.37. The minimum Gasteiger partial charge on any atom is -0.386 e. The summed E-state index contributed by atoms with van der Waals surface area (Å²) in [5.74, 6) is -0.406. The van der Waals surface area contributed by atoms with Gasteiger partial charge in [0.1, 0.15) is 17.1 Å². The van der Waals surface area contributed by atoms with Crippen LogP contribution in [0, 0.1) is 5.82 Å². The Morgan fingerprint density at radius 2 is 1.86 bits per heavy atom. The van der Waals surface area contributed by atoms with E-state index in [0.717, 1.165) is 12.1 Å². The number of benzene rings is 2. The van der Waals surface area contributed by atoms with E-state index in [1.54, 1.807) is 6.07 Å². The fourth-order valence-electron chi connectivity index (χ4n) is 3.30. The predicted molar refractivity (Wildman–Crippen MR) is 98.8 cm³/mol. The normalized spacial score (nSPS) is 19.6. The largest absolute Gasteiger partial charge is 0.416 e. The van der Waals surface area contributed by atoms with Gasteiger partial charge in [-0.15, -0.1) is 10.2 Å². The topological polar surface area (TPSA) is 67.3 Å². The van der Waals surface area contributed by atoms with E-state index in [1.807, 2.05) is 0 Å². The summed E-state index contributed by atoms with van der Waals surface area (Å²) < 4.78 is 58.2. The van der Waals surface area contributed by atoms with Crippen molar-refractivity contribution in [2.75, 3.05) is 25.1 Å². The second-order valence-electron chi connectivity index (χ2n) is 7.02. The number of hydrogen-bond acceptors (Lipinski definition) is 5. The third-order valence-corrected chi connectivity index (χ3v) is 4.91. The smallest absolute Gasteiger partial charge is 0.386 e. The van der Waals surface area contributed by atoms with Crippen molar-refractivity contribution in [2.24, 2.45) is 0 Å². The molecule has 0 radical (unpaired) electrons. The summed E-state index contributed by atoms with van der Waals surface area (Å²) in [7, 11) is 0. The summed E-state index contributed by atoms with van der Waals surface area (Å²) in [4.78, 5) is 0. The molecule has 2 aromatic carbocycles. The molecule has 1 saturated heterocycles. The van der Waals surface area contributed by atoms with Gasteiger partial charge in [-0.1, -0.05) is 24.3 Å². The lowest BCUT2D eigenvalue weighted by molar-refractivity contribution is -0.137. The van der Waals surface area contributed by atoms with Gasteiger partial charge in [-0.05, 0) is 18.2 Å². The standard InChI is InChI=1S/C20H17F4N3O2/c21-15-3-1-2-14-16(15)18(25-10-19(28)8-9-29-11-19)27-26-17(14)12-4-6-13(7-5-12)20(22,23)24/h1-7,28H,8-11H2,(H,25,27)/t19-/m1/s1. The first-order valence-electron chi connectivity index (χ1n) is 8.93. The number of ether oxygens (including phenoxy) is 1. The Labute approximate surface area is 163 Å². The highest BCUT2D eigenvalue weighted by molar-refractivity contribution is 6.00. The molecule has 1 aromatic heterocycles.